The Hall–Kier alpha value is -1.90. The van der Waals surface area contributed by atoms with E-state index in [9.17, 15) is 13.2 Å². The third kappa shape index (κ3) is 3.61. The Morgan fingerprint density at radius 2 is 2.07 bits per heavy atom. The summed E-state index contributed by atoms with van der Waals surface area (Å²) in [5, 5.41) is 3.71. The van der Waals surface area contributed by atoms with Crippen LogP contribution in [0, 0.1) is 5.92 Å². The Morgan fingerprint density at radius 3 is 2.81 bits per heavy atom. The van der Waals surface area contributed by atoms with E-state index in [-0.39, 0.29) is 17.6 Å². The molecule has 0 bridgehead atoms. The number of amides is 1. The zero-order valence-corrected chi connectivity index (χ0v) is 16.2. The first-order valence-corrected chi connectivity index (χ1v) is 10.8. The monoisotopic (exact) mass is 409 g/mol. The van der Waals surface area contributed by atoms with E-state index in [4.69, 9.17) is 16.1 Å². The minimum atomic E-state index is -3.41. The number of aromatic nitrogens is 1. The molecule has 7 nitrogen and oxygen atoms in total. The minimum Gasteiger partial charge on any atom is -0.351 e. The Balaban J connectivity index is 1.47. The summed E-state index contributed by atoms with van der Waals surface area (Å²) in [6.45, 7) is 1.71. The second-order valence-corrected chi connectivity index (χ2v) is 9.60. The predicted molar refractivity (Wildman–Crippen MR) is 99.7 cm³/mol. The summed E-state index contributed by atoms with van der Waals surface area (Å²) in [6, 6.07) is 8.80. The first kappa shape index (κ1) is 18.5. The van der Waals surface area contributed by atoms with Gasteiger partial charge in [-0.25, -0.2) is 8.42 Å². The van der Waals surface area contributed by atoms with E-state index in [1.807, 2.05) is 12.1 Å². The van der Waals surface area contributed by atoms with E-state index in [2.05, 4.69) is 5.16 Å². The topological polar surface area (TPSA) is 83.7 Å². The molecule has 0 spiro atoms. The minimum absolute atomic E-state index is 0.0155. The fourth-order valence-corrected chi connectivity index (χ4v) is 6.41. The van der Waals surface area contributed by atoms with E-state index < -0.39 is 15.3 Å². The molecule has 4 rings (SSSR count). The Bertz CT molecular complexity index is 932. The van der Waals surface area contributed by atoms with Gasteiger partial charge in [-0.1, -0.05) is 28.9 Å². The molecule has 3 heterocycles. The molecule has 1 aromatic carbocycles. The lowest BCUT2D eigenvalue weighted by Crippen LogP contribution is -2.34. The maximum atomic E-state index is 13.0. The van der Waals surface area contributed by atoms with Gasteiger partial charge in [0.15, 0.2) is 0 Å². The molecule has 1 aromatic heterocycles. The average Bonchev–Trinajstić information content (AvgIpc) is 3.17. The van der Waals surface area contributed by atoms with Crippen LogP contribution >= 0.6 is 11.6 Å². The predicted octanol–water partition coefficient (Wildman–Crippen LogP) is 2.39. The number of nitrogens with zero attached hydrogens (tertiary/aromatic N) is 3. The summed E-state index contributed by atoms with van der Waals surface area (Å²) in [5.74, 6) is -0.0325. The molecule has 0 N–H and O–H groups in total. The SMILES string of the molecule is O=C(c1ccno1)N1CC[C@@H]2CN(Cc3cccc(Cl)c3)S(=O)(=O)[C@@H]2CC1. The van der Waals surface area contributed by atoms with Crippen LogP contribution < -0.4 is 0 Å². The highest BCUT2D eigenvalue weighted by molar-refractivity contribution is 7.90. The smallest absolute Gasteiger partial charge is 0.292 e. The highest BCUT2D eigenvalue weighted by Gasteiger charge is 2.47. The van der Waals surface area contributed by atoms with Crippen molar-refractivity contribution in [2.45, 2.75) is 24.6 Å². The zero-order valence-electron chi connectivity index (χ0n) is 14.6. The number of fused-ring (bicyclic) bond motifs is 1. The average molecular weight is 410 g/mol. The van der Waals surface area contributed by atoms with E-state index in [1.54, 1.807) is 21.3 Å². The zero-order chi connectivity index (χ0) is 19.0. The number of rotatable bonds is 3. The van der Waals surface area contributed by atoms with Crippen molar-refractivity contribution in [2.75, 3.05) is 19.6 Å². The summed E-state index contributed by atoms with van der Waals surface area (Å²) in [4.78, 5) is 14.1. The van der Waals surface area contributed by atoms with Gasteiger partial charge in [-0.15, -0.1) is 0 Å². The second kappa shape index (κ2) is 7.26. The van der Waals surface area contributed by atoms with Gasteiger partial charge < -0.3 is 9.42 Å². The van der Waals surface area contributed by atoms with Gasteiger partial charge in [0.1, 0.15) is 0 Å². The fraction of sp³-hybridized carbons (Fsp3) is 0.444. The highest BCUT2D eigenvalue weighted by Crippen LogP contribution is 2.35. The van der Waals surface area contributed by atoms with E-state index in [0.29, 0.717) is 44.0 Å². The van der Waals surface area contributed by atoms with Crippen molar-refractivity contribution >= 4 is 27.5 Å². The summed E-state index contributed by atoms with van der Waals surface area (Å²) in [5.41, 5.74) is 0.879. The molecule has 144 valence electrons. The van der Waals surface area contributed by atoms with Gasteiger partial charge >= 0.3 is 0 Å². The molecule has 0 unspecified atom stereocenters. The normalized spacial score (nSPS) is 25.1. The largest absolute Gasteiger partial charge is 0.351 e. The number of benzene rings is 1. The molecular formula is C18H20ClN3O4S. The maximum Gasteiger partial charge on any atom is 0.292 e. The van der Waals surface area contributed by atoms with Crippen LogP contribution in [-0.4, -0.2) is 53.6 Å². The van der Waals surface area contributed by atoms with Gasteiger partial charge in [0, 0.05) is 37.3 Å². The van der Waals surface area contributed by atoms with Crippen LogP contribution in [0.1, 0.15) is 29.0 Å². The molecule has 2 atom stereocenters. The van der Waals surface area contributed by atoms with Crippen LogP contribution in [0.5, 0.6) is 0 Å². The van der Waals surface area contributed by atoms with Crippen LogP contribution in [0.3, 0.4) is 0 Å². The van der Waals surface area contributed by atoms with Crippen LogP contribution in [0.4, 0.5) is 0 Å². The highest BCUT2D eigenvalue weighted by atomic mass is 35.5. The van der Waals surface area contributed by atoms with Crippen molar-refractivity contribution in [1.29, 1.82) is 0 Å². The molecule has 1 amide bonds. The van der Waals surface area contributed by atoms with E-state index >= 15 is 0 Å². The standard InChI is InChI=1S/C18H20ClN3O4S/c19-15-3-1-2-13(10-15)11-22-12-14-5-8-21(9-6-17(14)27(22,24)25)18(23)16-4-7-20-26-16/h1-4,7,10,14,17H,5-6,8-9,11-12H2/t14-,17-/m1/s1. The van der Waals surface area contributed by atoms with Crippen LogP contribution in [0.25, 0.3) is 0 Å². The molecule has 0 saturated carbocycles. The summed E-state index contributed by atoms with van der Waals surface area (Å²) < 4.78 is 32.6. The van der Waals surface area contributed by atoms with Crippen LogP contribution in [-0.2, 0) is 16.6 Å². The fourth-order valence-electron chi connectivity index (χ4n) is 3.97. The Kier molecular flexibility index (Phi) is 4.96. The number of sulfonamides is 1. The molecule has 2 fully saturated rings. The van der Waals surface area contributed by atoms with Crippen LogP contribution in [0.15, 0.2) is 41.1 Å². The molecule has 2 saturated heterocycles. The first-order valence-electron chi connectivity index (χ1n) is 8.88. The second-order valence-electron chi connectivity index (χ2n) is 7.01. The quantitative estimate of drug-likeness (QED) is 0.777. The maximum absolute atomic E-state index is 13.0. The van der Waals surface area contributed by atoms with Gasteiger partial charge in [-0.3, -0.25) is 4.79 Å². The van der Waals surface area contributed by atoms with Gasteiger partial charge in [-0.05, 0) is 36.5 Å². The molecule has 2 aliphatic heterocycles. The summed E-state index contributed by atoms with van der Waals surface area (Å²) in [7, 11) is -3.41. The number of carbonyl (C=O) groups excluding carboxylic acids is 1. The summed E-state index contributed by atoms with van der Waals surface area (Å²) >= 11 is 6.02. The Labute approximate surface area is 162 Å². The van der Waals surface area contributed by atoms with Crippen molar-refractivity contribution in [3.63, 3.8) is 0 Å². The van der Waals surface area contributed by atoms with Gasteiger partial charge in [0.25, 0.3) is 5.91 Å². The third-order valence-corrected chi connectivity index (χ3v) is 7.96. The molecule has 0 aliphatic carbocycles. The number of hydrogen-bond acceptors (Lipinski definition) is 5. The molecule has 0 radical (unpaired) electrons. The van der Waals surface area contributed by atoms with Crippen molar-refractivity contribution in [2.24, 2.45) is 5.92 Å². The van der Waals surface area contributed by atoms with Gasteiger partial charge in [0.05, 0.1) is 11.4 Å². The number of likely N-dealkylation sites (tertiary alicyclic amines) is 1. The van der Waals surface area contributed by atoms with Crippen molar-refractivity contribution < 1.29 is 17.7 Å². The van der Waals surface area contributed by atoms with E-state index in [0.717, 1.165) is 5.56 Å². The third-order valence-electron chi connectivity index (χ3n) is 5.34. The Morgan fingerprint density at radius 1 is 1.26 bits per heavy atom. The molecular weight excluding hydrogens is 390 g/mol. The van der Waals surface area contributed by atoms with Crippen molar-refractivity contribution in [3.8, 4) is 0 Å². The summed E-state index contributed by atoms with van der Waals surface area (Å²) in [6.07, 6.45) is 2.51. The first-order chi connectivity index (χ1) is 12.9. The van der Waals surface area contributed by atoms with Crippen molar-refractivity contribution in [3.05, 3.63) is 52.9 Å². The lowest BCUT2D eigenvalue weighted by Gasteiger charge is -2.21. The number of halogens is 1. The number of hydrogen-bond donors (Lipinski definition) is 0. The van der Waals surface area contributed by atoms with Crippen LogP contribution in [0.2, 0.25) is 5.02 Å². The molecule has 27 heavy (non-hydrogen) atoms. The molecule has 2 aliphatic rings. The molecule has 9 heteroatoms. The lowest BCUT2D eigenvalue weighted by atomic mass is 10.0. The lowest BCUT2D eigenvalue weighted by molar-refractivity contribution is 0.0717. The van der Waals surface area contributed by atoms with E-state index in [1.165, 1.54) is 12.3 Å². The molecule has 2 aromatic rings. The number of carbonyl (C=O) groups is 1. The van der Waals surface area contributed by atoms with Crippen molar-refractivity contribution in [1.82, 2.24) is 14.4 Å². The van der Waals surface area contributed by atoms with Gasteiger partial charge in [0.2, 0.25) is 15.8 Å². The van der Waals surface area contributed by atoms with Gasteiger partial charge in [-0.2, -0.15) is 4.31 Å².